The number of nitrogens with one attached hydrogen (secondary N) is 2. The molecule has 0 unspecified atom stereocenters. The topological polar surface area (TPSA) is 70.1 Å². The molecule has 1 heterocycles. The van der Waals surface area contributed by atoms with Crippen molar-refractivity contribution in [1.29, 1.82) is 0 Å². The van der Waals surface area contributed by atoms with Gasteiger partial charge in [-0.3, -0.25) is 9.89 Å². The molecule has 5 heteroatoms. The molecule has 0 aliphatic carbocycles. The normalized spacial score (nSPS) is 10.6. The Labute approximate surface area is 156 Å². The van der Waals surface area contributed by atoms with Crippen molar-refractivity contribution in [3.63, 3.8) is 0 Å². The summed E-state index contributed by atoms with van der Waals surface area (Å²) in [5, 5.41) is 11.2. The minimum absolute atomic E-state index is 0.0826. The van der Waals surface area contributed by atoms with Crippen molar-refractivity contribution in [2.45, 2.75) is 65.7 Å². The second-order valence-electron chi connectivity index (χ2n) is 6.87. The largest absolute Gasteiger partial charge is 0.278 e. The summed E-state index contributed by atoms with van der Waals surface area (Å²) >= 11 is 0. The fourth-order valence-electron chi connectivity index (χ4n) is 2.82. The van der Waals surface area contributed by atoms with Crippen LogP contribution in [0, 0.1) is 0 Å². The van der Waals surface area contributed by atoms with E-state index in [4.69, 9.17) is 0 Å². The fraction of sp³-hybridized carbons (Fsp3) is 0.476. The van der Waals surface area contributed by atoms with Crippen LogP contribution in [0.4, 0.5) is 0 Å². The lowest BCUT2D eigenvalue weighted by molar-refractivity contribution is -0.121. The first-order chi connectivity index (χ1) is 12.6. The van der Waals surface area contributed by atoms with Crippen molar-refractivity contribution in [2.75, 3.05) is 0 Å². The molecule has 0 aliphatic rings. The highest BCUT2D eigenvalue weighted by Gasteiger charge is 2.10. The Morgan fingerprint density at radius 2 is 1.88 bits per heavy atom. The van der Waals surface area contributed by atoms with E-state index >= 15 is 0 Å². The van der Waals surface area contributed by atoms with Crippen LogP contribution in [0.1, 0.15) is 64.0 Å². The van der Waals surface area contributed by atoms with E-state index in [9.17, 15) is 4.79 Å². The van der Waals surface area contributed by atoms with E-state index in [-0.39, 0.29) is 5.91 Å². The number of hydrogen-bond donors (Lipinski definition) is 2. The zero-order chi connectivity index (χ0) is 18.8. The number of unbranched alkanes of at least 4 members (excludes halogenated alkanes) is 3. The molecule has 0 radical (unpaired) electrons. The molecule has 0 spiro atoms. The van der Waals surface area contributed by atoms with E-state index in [1.165, 1.54) is 31.2 Å². The highest BCUT2D eigenvalue weighted by molar-refractivity contribution is 5.82. The van der Waals surface area contributed by atoms with Crippen LogP contribution in [0.5, 0.6) is 0 Å². The van der Waals surface area contributed by atoms with E-state index in [1.54, 1.807) is 6.20 Å². The summed E-state index contributed by atoms with van der Waals surface area (Å²) in [4.78, 5) is 11.8. The predicted octanol–water partition coefficient (Wildman–Crippen LogP) is 4.64. The van der Waals surface area contributed by atoms with Crippen molar-refractivity contribution < 1.29 is 4.79 Å². The number of hydrogen-bond acceptors (Lipinski definition) is 3. The molecular weight excluding hydrogens is 324 g/mol. The smallest absolute Gasteiger partial charge is 0.240 e. The van der Waals surface area contributed by atoms with Gasteiger partial charge in [0.05, 0.1) is 11.9 Å². The van der Waals surface area contributed by atoms with Gasteiger partial charge in [-0.25, -0.2) is 5.43 Å². The van der Waals surface area contributed by atoms with Crippen molar-refractivity contribution in [2.24, 2.45) is 5.10 Å². The number of aryl methyl sites for hydroxylation is 2. The lowest BCUT2D eigenvalue weighted by atomic mass is 10.0. The Bertz CT molecular complexity index is 712. The van der Waals surface area contributed by atoms with Crippen molar-refractivity contribution in [1.82, 2.24) is 15.6 Å². The molecule has 1 aromatic carbocycles. The average Bonchev–Trinajstić information content (AvgIpc) is 3.11. The van der Waals surface area contributed by atoms with E-state index in [0.29, 0.717) is 12.8 Å². The minimum atomic E-state index is -0.0826. The molecule has 5 nitrogen and oxygen atoms in total. The molecule has 0 saturated heterocycles. The van der Waals surface area contributed by atoms with Gasteiger partial charge in [0.2, 0.25) is 5.91 Å². The molecule has 2 N–H and O–H groups in total. The van der Waals surface area contributed by atoms with Gasteiger partial charge in [-0.15, -0.1) is 0 Å². The molecular formula is C21H30N4O. The SMILES string of the molecule is CCCCCCc1ccc(-c2[nH]ncc2CCC(=O)NN=C(C)C)cc1. The number of aromatic nitrogens is 2. The van der Waals surface area contributed by atoms with Gasteiger partial charge in [0, 0.05) is 12.1 Å². The quantitative estimate of drug-likeness (QED) is 0.370. The van der Waals surface area contributed by atoms with Gasteiger partial charge in [-0.05, 0) is 49.8 Å². The maximum atomic E-state index is 11.8. The zero-order valence-electron chi connectivity index (χ0n) is 16.1. The van der Waals surface area contributed by atoms with E-state index < -0.39 is 0 Å². The Morgan fingerprint density at radius 3 is 2.58 bits per heavy atom. The standard InChI is InChI=1S/C21H30N4O/c1-4-5-6-7-8-17-9-11-18(12-10-17)21-19(15-22-25-21)13-14-20(26)24-23-16(2)3/h9-12,15H,4-8,13-14H2,1-3H3,(H,22,25)(H,24,26). The second-order valence-corrected chi connectivity index (χ2v) is 6.87. The molecule has 1 amide bonds. The number of amides is 1. The van der Waals surface area contributed by atoms with E-state index in [2.05, 4.69) is 51.9 Å². The third-order valence-electron chi connectivity index (χ3n) is 4.31. The Hall–Kier alpha value is -2.43. The lowest BCUT2D eigenvalue weighted by Crippen LogP contribution is -2.18. The Morgan fingerprint density at radius 1 is 1.12 bits per heavy atom. The summed E-state index contributed by atoms with van der Waals surface area (Å²) in [5.74, 6) is -0.0826. The van der Waals surface area contributed by atoms with Crippen LogP contribution in [0.3, 0.4) is 0 Å². The zero-order valence-corrected chi connectivity index (χ0v) is 16.1. The summed E-state index contributed by atoms with van der Waals surface area (Å²) in [6.45, 7) is 5.93. The third-order valence-corrected chi connectivity index (χ3v) is 4.31. The summed E-state index contributed by atoms with van der Waals surface area (Å²) < 4.78 is 0. The van der Waals surface area contributed by atoms with Crippen LogP contribution in [-0.2, 0) is 17.6 Å². The van der Waals surface area contributed by atoms with Crippen LogP contribution in [0.2, 0.25) is 0 Å². The summed E-state index contributed by atoms with van der Waals surface area (Å²) in [5.41, 5.74) is 7.91. The molecule has 0 aliphatic heterocycles. The molecule has 2 aromatic rings. The van der Waals surface area contributed by atoms with Crippen LogP contribution < -0.4 is 5.43 Å². The second kappa shape index (κ2) is 10.5. The first kappa shape index (κ1) is 19.9. The van der Waals surface area contributed by atoms with Crippen LogP contribution in [-0.4, -0.2) is 21.8 Å². The predicted molar refractivity (Wildman–Crippen MR) is 107 cm³/mol. The average molecular weight is 354 g/mol. The number of carbonyl (C=O) groups excluding carboxylic acids is 1. The van der Waals surface area contributed by atoms with Crippen molar-refractivity contribution >= 4 is 11.6 Å². The third kappa shape index (κ3) is 6.47. The first-order valence-corrected chi connectivity index (χ1v) is 9.51. The highest BCUT2D eigenvalue weighted by atomic mass is 16.2. The van der Waals surface area contributed by atoms with Crippen LogP contribution in [0.25, 0.3) is 11.3 Å². The molecule has 26 heavy (non-hydrogen) atoms. The molecule has 0 saturated carbocycles. The summed E-state index contributed by atoms with van der Waals surface area (Å²) in [7, 11) is 0. The molecule has 2 rings (SSSR count). The monoisotopic (exact) mass is 354 g/mol. The van der Waals surface area contributed by atoms with Crippen LogP contribution >= 0.6 is 0 Å². The molecule has 0 fully saturated rings. The van der Waals surface area contributed by atoms with Gasteiger partial charge < -0.3 is 0 Å². The fourth-order valence-corrected chi connectivity index (χ4v) is 2.82. The molecule has 0 bridgehead atoms. The van der Waals surface area contributed by atoms with E-state index in [1.807, 2.05) is 13.8 Å². The highest BCUT2D eigenvalue weighted by Crippen LogP contribution is 2.23. The number of hydrazone groups is 1. The number of nitrogens with zero attached hydrogens (tertiary/aromatic N) is 2. The lowest BCUT2D eigenvalue weighted by Gasteiger charge is -2.06. The maximum Gasteiger partial charge on any atom is 0.240 e. The van der Waals surface area contributed by atoms with Crippen molar-refractivity contribution in [3.8, 4) is 11.3 Å². The maximum absolute atomic E-state index is 11.8. The van der Waals surface area contributed by atoms with Gasteiger partial charge in [-0.1, -0.05) is 50.5 Å². The number of benzene rings is 1. The number of H-pyrrole nitrogens is 1. The Balaban J connectivity index is 1.92. The molecule has 140 valence electrons. The number of rotatable bonds is 10. The number of aromatic amines is 1. The summed E-state index contributed by atoms with van der Waals surface area (Å²) in [6.07, 6.45) is 9.08. The van der Waals surface area contributed by atoms with Gasteiger partial charge >= 0.3 is 0 Å². The summed E-state index contributed by atoms with van der Waals surface area (Å²) in [6, 6.07) is 8.66. The molecule has 0 atom stereocenters. The minimum Gasteiger partial charge on any atom is -0.278 e. The van der Waals surface area contributed by atoms with Crippen molar-refractivity contribution in [3.05, 3.63) is 41.6 Å². The van der Waals surface area contributed by atoms with E-state index in [0.717, 1.165) is 29.0 Å². The van der Waals surface area contributed by atoms with Crippen LogP contribution in [0.15, 0.2) is 35.6 Å². The number of carbonyl (C=O) groups is 1. The first-order valence-electron chi connectivity index (χ1n) is 9.51. The van der Waals surface area contributed by atoms with Gasteiger partial charge in [0.1, 0.15) is 0 Å². The van der Waals surface area contributed by atoms with Gasteiger partial charge in [0.15, 0.2) is 0 Å². The Kier molecular flexibility index (Phi) is 8.06. The van der Waals surface area contributed by atoms with Gasteiger partial charge in [-0.2, -0.15) is 10.2 Å². The van der Waals surface area contributed by atoms with Gasteiger partial charge in [0.25, 0.3) is 0 Å². The molecule has 1 aromatic heterocycles.